The summed E-state index contributed by atoms with van der Waals surface area (Å²) in [7, 11) is -3.67. The smallest absolute Gasteiger partial charge is 0.346 e. The number of sulfonamides is 1. The normalized spacial score (nSPS) is 12.6. The van der Waals surface area contributed by atoms with Crippen LogP contribution in [0.1, 0.15) is 48.8 Å². The third-order valence-corrected chi connectivity index (χ3v) is 6.04. The van der Waals surface area contributed by atoms with Crippen LogP contribution in [0.2, 0.25) is 0 Å². The lowest BCUT2D eigenvalue weighted by Gasteiger charge is -2.24. The van der Waals surface area contributed by atoms with Crippen molar-refractivity contribution in [2.24, 2.45) is 0 Å². The molecule has 0 aliphatic carbocycles. The Hall–Kier alpha value is -0.920. The van der Waals surface area contributed by atoms with Gasteiger partial charge in [-0.1, -0.05) is 13.3 Å². The zero-order chi connectivity index (χ0) is 14.8. The maximum Gasteiger partial charge on any atom is 0.346 e. The Kier molecular flexibility index (Phi) is 4.76. The molecule has 2 N–H and O–H groups in total. The van der Waals surface area contributed by atoms with E-state index in [2.05, 4.69) is 4.72 Å². The van der Waals surface area contributed by atoms with E-state index in [1.807, 2.05) is 20.8 Å². The van der Waals surface area contributed by atoms with Gasteiger partial charge in [0, 0.05) is 5.54 Å². The molecule has 1 aromatic rings. The molecule has 0 saturated carbocycles. The van der Waals surface area contributed by atoms with Gasteiger partial charge in [-0.3, -0.25) is 0 Å². The highest BCUT2D eigenvalue weighted by Gasteiger charge is 2.28. The number of thiophene rings is 1. The van der Waals surface area contributed by atoms with Crippen molar-refractivity contribution in [1.29, 1.82) is 0 Å². The second-order valence-corrected chi connectivity index (χ2v) is 8.08. The molecule has 1 rings (SSSR count). The van der Waals surface area contributed by atoms with Crippen molar-refractivity contribution >= 4 is 27.3 Å². The maximum atomic E-state index is 12.2. The fraction of sp³-hybridized carbons (Fsp3) is 0.583. The van der Waals surface area contributed by atoms with E-state index in [0.717, 1.165) is 17.8 Å². The van der Waals surface area contributed by atoms with Gasteiger partial charge in [0.05, 0.1) is 0 Å². The van der Waals surface area contributed by atoms with E-state index in [4.69, 9.17) is 5.11 Å². The average Bonchev–Trinajstić information content (AvgIpc) is 2.58. The van der Waals surface area contributed by atoms with Crippen LogP contribution in [0.25, 0.3) is 0 Å². The highest BCUT2D eigenvalue weighted by molar-refractivity contribution is 7.91. The lowest BCUT2D eigenvalue weighted by atomic mass is 10.0. The summed E-state index contributed by atoms with van der Waals surface area (Å²) in [5.41, 5.74) is -0.0827. The molecule has 19 heavy (non-hydrogen) atoms. The van der Waals surface area contributed by atoms with Gasteiger partial charge in [0.1, 0.15) is 9.09 Å². The number of aromatic carboxylic acids is 1. The van der Waals surface area contributed by atoms with E-state index in [0.29, 0.717) is 12.0 Å². The molecule has 108 valence electrons. The lowest BCUT2D eigenvalue weighted by molar-refractivity contribution is 0.0701. The van der Waals surface area contributed by atoms with E-state index in [1.165, 1.54) is 6.07 Å². The topological polar surface area (TPSA) is 83.5 Å². The van der Waals surface area contributed by atoms with Gasteiger partial charge >= 0.3 is 5.97 Å². The predicted molar refractivity (Wildman–Crippen MR) is 75.3 cm³/mol. The first-order valence-corrected chi connectivity index (χ1v) is 8.27. The van der Waals surface area contributed by atoms with Crippen LogP contribution in [0.4, 0.5) is 0 Å². The molecule has 0 aliphatic heterocycles. The standard InChI is InChI=1S/C12H19NO4S2/c1-5-6-12(3,4)13-19(16,17)9-7-8(2)10(18-9)11(14)15/h7,13H,5-6H2,1-4H3,(H,14,15). The first-order chi connectivity index (χ1) is 8.59. The lowest BCUT2D eigenvalue weighted by Crippen LogP contribution is -2.42. The van der Waals surface area contributed by atoms with Crippen molar-refractivity contribution in [1.82, 2.24) is 4.72 Å². The Bertz CT molecular complexity index is 573. The van der Waals surface area contributed by atoms with Crippen LogP contribution in [-0.2, 0) is 10.0 Å². The summed E-state index contributed by atoms with van der Waals surface area (Å²) in [6.07, 6.45) is 1.57. The third-order valence-electron chi connectivity index (χ3n) is 2.64. The summed E-state index contributed by atoms with van der Waals surface area (Å²) < 4.78 is 27.1. The summed E-state index contributed by atoms with van der Waals surface area (Å²) in [4.78, 5) is 11.0. The van der Waals surface area contributed by atoms with Crippen LogP contribution in [0.15, 0.2) is 10.3 Å². The van der Waals surface area contributed by atoms with Crippen LogP contribution >= 0.6 is 11.3 Å². The van der Waals surface area contributed by atoms with E-state index >= 15 is 0 Å². The molecule has 1 heterocycles. The molecule has 0 unspecified atom stereocenters. The molecule has 0 aliphatic rings. The Morgan fingerprint density at radius 3 is 2.47 bits per heavy atom. The number of aryl methyl sites for hydroxylation is 1. The number of rotatable bonds is 6. The molecule has 0 bridgehead atoms. The second-order valence-electron chi connectivity index (χ2n) is 5.12. The monoisotopic (exact) mass is 305 g/mol. The molecule has 5 nitrogen and oxygen atoms in total. The largest absolute Gasteiger partial charge is 0.477 e. The minimum absolute atomic E-state index is 0.0478. The molecular weight excluding hydrogens is 286 g/mol. The third kappa shape index (κ3) is 4.02. The van der Waals surface area contributed by atoms with Gasteiger partial charge in [-0.05, 0) is 38.8 Å². The summed E-state index contributed by atoms with van der Waals surface area (Å²) in [6.45, 7) is 7.20. The van der Waals surface area contributed by atoms with Gasteiger partial charge in [0.15, 0.2) is 0 Å². The molecule has 0 spiro atoms. The molecule has 0 saturated heterocycles. The van der Waals surface area contributed by atoms with Gasteiger partial charge in [0.25, 0.3) is 10.0 Å². The number of carboxylic acid groups (broad SMARTS) is 1. The number of hydrogen-bond acceptors (Lipinski definition) is 4. The first kappa shape index (κ1) is 16.1. The minimum Gasteiger partial charge on any atom is -0.477 e. The number of nitrogens with one attached hydrogen (secondary N) is 1. The Morgan fingerprint density at radius 2 is 2.05 bits per heavy atom. The van der Waals surface area contributed by atoms with Crippen molar-refractivity contribution in [2.45, 2.75) is 50.3 Å². The predicted octanol–water partition coefficient (Wildman–Crippen LogP) is 2.61. The SMILES string of the molecule is CCCC(C)(C)NS(=O)(=O)c1cc(C)c(C(=O)O)s1. The molecule has 1 aromatic heterocycles. The van der Waals surface area contributed by atoms with E-state index in [-0.39, 0.29) is 9.09 Å². The second kappa shape index (κ2) is 5.60. The van der Waals surface area contributed by atoms with E-state index in [1.54, 1.807) is 6.92 Å². The van der Waals surface area contributed by atoms with Crippen molar-refractivity contribution in [2.75, 3.05) is 0 Å². The maximum absolute atomic E-state index is 12.2. The van der Waals surface area contributed by atoms with Gasteiger partial charge < -0.3 is 5.11 Å². The van der Waals surface area contributed by atoms with Crippen molar-refractivity contribution < 1.29 is 18.3 Å². The van der Waals surface area contributed by atoms with Crippen LogP contribution in [0.5, 0.6) is 0 Å². The van der Waals surface area contributed by atoms with Gasteiger partial charge in [0.2, 0.25) is 0 Å². The van der Waals surface area contributed by atoms with Gasteiger partial charge in [-0.25, -0.2) is 17.9 Å². The van der Waals surface area contributed by atoms with E-state index < -0.39 is 21.5 Å². The average molecular weight is 305 g/mol. The van der Waals surface area contributed by atoms with Crippen LogP contribution < -0.4 is 4.72 Å². The molecule has 7 heteroatoms. The molecule has 0 radical (unpaired) electrons. The Labute approximate surface area is 117 Å². The van der Waals surface area contributed by atoms with Crippen molar-refractivity contribution in [3.63, 3.8) is 0 Å². The molecule has 0 fully saturated rings. The molecule has 0 amide bonds. The highest BCUT2D eigenvalue weighted by Crippen LogP contribution is 2.27. The zero-order valence-corrected chi connectivity index (χ0v) is 13.1. The quantitative estimate of drug-likeness (QED) is 0.846. The fourth-order valence-electron chi connectivity index (χ4n) is 1.89. The van der Waals surface area contributed by atoms with Gasteiger partial charge in [-0.2, -0.15) is 0 Å². The van der Waals surface area contributed by atoms with Crippen LogP contribution in [0.3, 0.4) is 0 Å². The van der Waals surface area contributed by atoms with Crippen LogP contribution in [-0.4, -0.2) is 25.0 Å². The minimum atomic E-state index is -3.67. The Morgan fingerprint density at radius 1 is 1.47 bits per heavy atom. The Balaban J connectivity index is 3.08. The summed E-state index contributed by atoms with van der Waals surface area (Å²) in [5.74, 6) is -1.10. The summed E-state index contributed by atoms with van der Waals surface area (Å²) >= 11 is 0.783. The summed E-state index contributed by atoms with van der Waals surface area (Å²) in [5, 5.41) is 8.96. The van der Waals surface area contributed by atoms with Crippen LogP contribution in [0, 0.1) is 6.92 Å². The number of hydrogen-bond donors (Lipinski definition) is 2. The van der Waals surface area contributed by atoms with Crippen molar-refractivity contribution in [3.05, 3.63) is 16.5 Å². The zero-order valence-electron chi connectivity index (χ0n) is 11.5. The molecular formula is C12H19NO4S2. The molecule has 0 aromatic carbocycles. The summed E-state index contributed by atoms with van der Waals surface area (Å²) in [6, 6.07) is 1.40. The number of carboxylic acids is 1. The number of carbonyl (C=O) groups is 1. The molecule has 0 atom stereocenters. The van der Waals surface area contributed by atoms with Crippen molar-refractivity contribution in [3.8, 4) is 0 Å². The first-order valence-electron chi connectivity index (χ1n) is 5.97. The van der Waals surface area contributed by atoms with Gasteiger partial charge in [-0.15, -0.1) is 11.3 Å². The fourth-order valence-corrected chi connectivity index (χ4v) is 4.71. The van der Waals surface area contributed by atoms with E-state index in [9.17, 15) is 13.2 Å². The highest BCUT2D eigenvalue weighted by atomic mass is 32.2.